The number of amides is 2. The minimum absolute atomic E-state index is 0.00718. The third kappa shape index (κ3) is 5.75. The number of carbonyl (C=O) groups excluding carboxylic acids is 2. The quantitative estimate of drug-likeness (QED) is 0.342. The molecule has 8 heteroatoms. The Morgan fingerprint density at radius 1 is 0.868 bits per heavy atom. The summed E-state index contributed by atoms with van der Waals surface area (Å²) in [5.41, 5.74) is 5.86. The molecule has 1 aliphatic rings. The van der Waals surface area contributed by atoms with Gasteiger partial charge in [-0.15, -0.1) is 0 Å². The molecule has 2 N–H and O–H groups in total. The van der Waals surface area contributed by atoms with Crippen LogP contribution in [0.5, 0.6) is 0 Å². The van der Waals surface area contributed by atoms with Gasteiger partial charge in [-0.05, 0) is 61.7 Å². The van der Waals surface area contributed by atoms with Crippen LogP contribution in [-0.2, 0) is 10.2 Å². The van der Waals surface area contributed by atoms with E-state index in [1.54, 1.807) is 18.3 Å². The third-order valence-corrected chi connectivity index (χ3v) is 6.44. The molecule has 1 fully saturated rings. The third-order valence-electron chi connectivity index (χ3n) is 6.44. The first-order valence-corrected chi connectivity index (χ1v) is 12.7. The van der Waals surface area contributed by atoms with Crippen molar-refractivity contribution in [2.75, 3.05) is 10.6 Å². The number of anilines is 2. The summed E-state index contributed by atoms with van der Waals surface area (Å²) < 4.78 is 0. The fourth-order valence-corrected chi connectivity index (χ4v) is 4.03. The number of nitrogens with zero attached hydrogens (tertiary/aromatic N) is 4. The van der Waals surface area contributed by atoms with Gasteiger partial charge in [0.25, 0.3) is 5.91 Å². The molecule has 38 heavy (non-hydrogen) atoms. The number of nitrogens with one attached hydrogen (secondary N) is 2. The number of rotatable bonds is 6. The molecular formula is C30H30N6O2. The zero-order valence-electron chi connectivity index (χ0n) is 21.9. The Balaban J connectivity index is 1.38. The molecule has 0 radical (unpaired) electrons. The summed E-state index contributed by atoms with van der Waals surface area (Å²) in [6, 6.07) is 16.8. The van der Waals surface area contributed by atoms with Crippen molar-refractivity contribution in [1.82, 2.24) is 19.9 Å². The zero-order valence-corrected chi connectivity index (χ0v) is 21.9. The highest BCUT2D eigenvalue weighted by atomic mass is 16.2. The number of pyridine rings is 2. The molecule has 3 aromatic heterocycles. The average Bonchev–Trinajstić information content (AvgIpc) is 3.75. The average molecular weight is 507 g/mol. The monoisotopic (exact) mass is 506 g/mol. The van der Waals surface area contributed by atoms with E-state index in [2.05, 4.69) is 46.4 Å². The lowest BCUT2D eigenvalue weighted by Crippen LogP contribution is -2.17. The van der Waals surface area contributed by atoms with Gasteiger partial charge in [-0.3, -0.25) is 14.6 Å². The number of aromatic nitrogens is 4. The minimum atomic E-state index is -0.198. The first-order chi connectivity index (χ1) is 18.2. The van der Waals surface area contributed by atoms with Crippen LogP contribution in [0.15, 0.2) is 67.1 Å². The summed E-state index contributed by atoms with van der Waals surface area (Å²) >= 11 is 0. The van der Waals surface area contributed by atoms with Gasteiger partial charge in [-0.25, -0.2) is 15.0 Å². The van der Waals surface area contributed by atoms with E-state index in [4.69, 9.17) is 4.98 Å². The highest BCUT2D eigenvalue weighted by Crippen LogP contribution is 2.31. The van der Waals surface area contributed by atoms with E-state index in [1.165, 1.54) is 6.33 Å². The molecule has 3 heterocycles. The Hall–Kier alpha value is -4.46. The van der Waals surface area contributed by atoms with Crippen molar-refractivity contribution in [3.63, 3.8) is 0 Å². The van der Waals surface area contributed by atoms with Crippen LogP contribution in [-0.4, -0.2) is 31.8 Å². The molecule has 4 aromatic rings. The number of hydrogen-bond acceptors (Lipinski definition) is 6. The number of hydrogen-bond donors (Lipinski definition) is 2. The predicted octanol–water partition coefficient (Wildman–Crippen LogP) is 5.81. The number of benzene rings is 1. The van der Waals surface area contributed by atoms with Crippen LogP contribution in [0.2, 0.25) is 0 Å². The van der Waals surface area contributed by atoms with Crippen LogP contribution in [0.3, 0.4) is 0 Å². The van der Waals surface area contributed by atoms with Crippen molar-refractivity contribution in [2.24, 2.45) is 5.92 Å². The van der Waals surface area contributed by atoms with Gasteiger partial charge in [0.2, 0.25) is 5.91 Å². The zero-order chi connectivity index (χ0) is 26.9. The Morgan fingerprint density at radius 3 is 2.42 bits per heavy atom. The SMILES string of the molecule is Cc1ccc(NC(=O)c2ccnc(C(C)(C)C)c2)cc1-c1cccc(-c2cc(NC(=O)C3CC3)ncn2)n1. The molecule has 5 rings (SSSR count). The fourth-order valence-electron chi connectivity index (χ4n) is 4.03. The van der Waals surface area contributed by atoms with Gasteiger partial charge in [-0.2, -0.15) is 0 Å². The van der Waals surface area contributed by atoms with Gasteiger partial charge >= 0.3 is 0 Å². The molecule has 0 saturated heterocycles. The van der Waals surface area contributed by atoms with Crippen molar-refractivity contribution in [1.29, 1.82) is 0 Å². The second-order valence-corrected chi connectivity index (χ2v) is 10.6. The topological polar surface area (TPSA) is 110 Å². The van der Waals surface area contributed by atoms with Crippen molar-refractivity contribution >= 4 is 23.3 Å². The molecule has 1 aromatic carbocycles. The van der Waals surface area contributed by atoms with Gasteiger partial charge in [0.05, 0.1) is 17.1 Å². The summed E-state index contributed by atoms with van der Waals surface area (Å²) in [7, 11) is 0. The maximum absolute atomic E-state index is 13.0. The van der Waals surface area contributed by atoms with Crippen LogP contribution < -0.4 is 10.6 Å². The molecule has 0 spiro atoms. The Kier molecular flexibility index (Phi) is 6.72. The number of aryl methyl sites for hydroxylation is 1. The first-order valence-electron chi connectivity index (χ1n) is 12.7. The van der Waals surface area contributed by atoms with Crippen molar-refractivity contribution in [2.45, 2.75) is 46.0 Å². The Labute approximate surface area is 222 Å². The van der Waals surface area contributed by atoms with Gasteiger partial charge < -0.3 is 10.6 Å². The van der Waals surface area contributed by atoms with Crippen molar-refractivity contribution in [3.05, 3.63) is 83.9 Å². The van der Waals surface area contributed by atoms with Crippen LogP contribution in [0.4, 0.5) is 11.5 Å². The summed E-state index contributed by atoms with van der Waals surface area (Å²) in [6.45, 7) is 8.20. The van der Waals surface area contributed by atoms with Gasteiger partial charge in [-0.1, -0.05) is 32.9 Å². The van der Waals surface area contributed by atoms with Crippen LogP contribution in [0.25, 0.3) is 22.6 Å². The van der Waals surface area contributed by atoms with E-state index in [1.807, 2.05) is 49.4 Å². The smallest absolute Gasteiger partial charge is 0.255 e. The van der Waals surface area contributed by atoms with Gasteiger partial charge in [0.15, 0.2) is 0 Å². The van der Waals surface area contributed by atoms with E-state index >= 15 is 0 Å². The summed E-state index contributed by atoms with van der Waals surface area (Å²) in [6.07, 6.45) is 4.94. The van der Waals surface area contributed by atoms with E-state index in [9.17, 15) is 9.59 Å². The molecule has 0 atom stereocenters. The summed E-state index contributed by atoms with van der Waals surface area (Å²) in [5.74, 6) is 0.346. The molecule has 1 saturated carbocycles. The molecule has 0 aliphatic heterocycles. The normalized spacial score (nSPS) is 13.2. The highest BCUT2D eigenvalue weighted by Gasteiger charge is 2.29. The van der Waals surface area contributed by atoms with Crippen LogP contribution in [0.1, 0.15) is 55.2 Å². The van der Waals surface area contributed by atoms with Crippen molar-refractivity contribution < 1.29 is 9.59 Å². The fraction of sp³-hybridized carbons (Fsp3) is 0.267. The van der Waals surface area contributed by atoms with E-state index in [0.717, 1.165) is 35.4 Å². The second-order valence-electron chi connectivity index (χ2n) is 10.6. The maximum atomic E-state index is 13.0. The predicted molar refractivity (Wildman–Crippen MR) is 148 cm³/mol. The molecule has 2 amide bonds. The first kappa shape index (κ1) is 25.2. The standard InChI is InChI=1S/C30H30N6O2/c1-18-8-11-21(34-29(38)20-12-13-31-26(14-20)30(2,3)4)15-22(18)23-6-5-7-24(35-23)25-16-27(33-17-32-25)36-28(37)19-9-10-19/h5-8,11-17,19H,9-10H2,1-4H3,(H,34,38)(H,32,33,36,37). The lowest BCUT2D eigenvalue weighted by molar-refractivity contribution is -0.117. The molecule has 192 valence electrons. The lowest BCUT2D eigenvalue weighted by atomic mass is 9.91. The molecule has 1 aliphatic carbocycles. The Bertz CT molecular complexity index is 1520. The van der Waals surface area contributed by atoms with E-state index in [0.29, 0.717) is 28.5 Å². The van der Waals surface area contributed by atoms with Gasteiger partial charge in [0, 0.05) is 46.1 Å². The molecule has 0 unspecified atom stereocenters. The number of carbonyl (C=O) groups is 2. The van der Waals surface area contributed by atoms with E-state index in [-0.39, 0.29) is 23.1 Å². The van der Waals surface area contributed by atoms with E-state index < -0.39 is 0 Å². The van der Waals surface area contributed by atoms with Crippen LogP contribution in [0, 0.1) is 12.8 Å². The maximum Gasteiger partial charge on any atom is 0.255 e. The molecule has 8 nitrogen and oxygen atoms in total. The van der Waals surface area contributed by atoms with Crippen LogP contribution >= 0.6 is 0 Å². The molecular weight excluding hydrogens is 476 g/mol. The second kappa shape index (κ2) is 10.1. The largest absolute Gasteiger partial charge is 0.322 e. The summed E-state index contributed by atoms with van der Waals surface area (Å²) in [5, 5.41) is 5.86. The highest BCUT2D eigenvalue weighted by molar-refractivity contribution is 6.04. The molecule has 0 bridgehead atoms. The Morgan fingerprint density at radius 2 is 1.66 bits per heavy atom. The lowest BCUT2D eigenvalue weighted by Gasteiger charge is -2.18. The van der Waals surface area contributed by atoms with Crippen molar-refractivity contribution in [3.8, 4) is 22.6 Å². The minimum Gasteiger partial charge on any atom is -0.322 e. The summed E-state index contributed by atoms with van der Waals surface area (Å²) in [4.78, 5) is 42.9. The van der Waals surface area contributed by atoms with Gasteiger partial charge in [0.1, 0.15) is 12.1 Å².